The number of esters is 1. The molecule has 0 bridgehead atoms. The Balaban J connectivity index is 0.00000272. The van der Waals surface area contributed by atoms with Crippen molar-refractivity contribution < 1.29 is 14.3 Å². The van der Waals surface area contributed by atoms with E-state index in [1.165, 1.54) is 0 Å². The largest absolute Gasteiger partial charge is 0.452 e. The van der Waals surface area contributed by atoms with Gasteiger partial charge in [0.2, 0.25) is 0 Å². The molecule has 1 saturated heterocycles. The molecule has 9 heteroatoms. The van der Waals surface area contributed by atoms with E-state index in [1.54, 1.807) is 42.9 Å². The van der Waals surface area contributed by atoms with Crippen LogP contribution in [-0.2, 0) is 16.0 Å². The Morgan fingerprint density at radius 3 is 2.52 bits per heavy atom. The molecule has 0 N–H and O–H groups in total. The Labute approximate surface area is 197 Å². The molecule has 2 aromatic carbocycles. The summed E-state index contributed by atoms with van der Waals surface area (Å²) in [6.45, 7) is 3.49. The molecule has 1 fully saturated rings. The molecule has 1 aliphatic rings. The summed E-state index contributed by atoms with van der Waals surface area (Å²) >= 11 is 12.4. The standard InChI is InChI=1S/C22H21Cl2N3O3.ClH/c23-17-3-6-19(20(24)13-17)21(14-26-8-7-25-15-26)30-22(28)16-1-4-18(5-2-16)27-9-11-29-12-10-27;/h1-8,13,15,21H,9-12,14H2;1H. The predicted octanol–water partition coefficient (Wildman–Crippen LogP) is 5.05. The third-order valence-corrected chi connectivity index (χ3v) is 5.54. The van der Waals surface area contributed by atoms with Crippen LogP contribution in [0.1, 0.15) is 22.0 Å². The smallest absolute Gasteiger partial charge is 0.338 e. The minimum atomic E-state index is -0.588. The molecule has 1 aliphatic heterocycles. The number of anilines is 1. The lowest BCUT2D eigenvalue weighted by molar-refractivity contribution is 0.0255. The number of carbonyl (C=O) groups excluding carboxylic acids is 1. The molecule has 0 saturated carbocycles. The van der Waals surface area contributed by atoms with E-state index in [2.05, 4.69) is 9.88 Å². The minimum Gasteiger partial charge on any atom is -0.452 e. The van der Waals surface area contributed by atoms with Crippen molar-refractivity contribution in [2.45, 2.75) is 12.6 Å². The lowest BCUT2D eigenvalue weighted by atomic mass is 10.1. The highest BCUT2D eigenvalue weighted by atomic mass is 35.5. The molecule has 0 aliphatic carbocycles. The minimum absolute atomic E-state index is 0. The highest BCUT2D eigenvalue weighted by Gasteiger charge is 2.22. The van der Waals surface area contributed by atoms with E-state index in [9.17, 15) is 4.79 Å². The van der Waals surface area contributed by atoms with Gasteiger partial charge in [-0.1, -0.05) is 29.3 Å². The third kappa shape index (κ3) is 5.92. The zero-order valence-electron chi connectivity index (χ0n) is 16.6. The number of benzene rings is 2. The highest BCUT2D eigenvalue weighted by molar-refractivity contribution is 6.35. The maximum atomic E-state index is 12.9. The van der Waals surface area contributed by atoms with E-state index >= 15 is 0 Å². The molecule has 31 heavy (non-hydrogen) atoms. The fourth-order valence-electron chi connectivity index (χ4n) is 3.38. The summed E-state index contributed by atoms with van der Waals surface area (Å²) in [5.74, 6) is -0.417. The van der Waals surface area contributed by atoms with Gasteiger partial charge in [-0.3, -0.25) is 0 Å². The molecular formula is C22H22Cl3N3O3. The molecule has 3 aromatic rings. The van der Waals surface area contributed by atoms with Gasteiger partial charge in [0.25, 0.3) is 0 Å². The van der Waals surface area contributed by atoms with Crippen molar-refractivity contribution in [2.24, 2.45) is 0 Å². The van der Waals surface area contributed by atoms with Crippen molar-refractivity contribution in [2.75, 3.05) is 31.2 Å². The maximum Gasteiger partial charge on any atom is 0.338 e. The Bertz CT molecular complexity index is 991. The topological polar surface area (TPSA) is 56.6 Å². The SMILES string of the molecule is Cl.O=C(OC(Cn1ccnc1)c1ccc(Cl)cc1Cl)c1ccc(N2CCOCC2)cc1. The van der Waals surface area contributed by atoms with Crippen molar-refractivity contribution in [3.05, 3.63) is 82.4 Å². The van der Waals surface area contributed by atoms with E-state index in [0.29, 0.717) is 40.9 Å². The lowest BCUT2D eigenvalue weighted by Crippen LogP contribution is -2.36. The molecule has 6 nitrogen and oxygen atoms in total. The van der Waals surface area contributed by atoms with Crippen LogP contribution in [0.25, 0.3) is 0 Å². The molecule has 1 atom stereocenters. The number of hydrogen-bond donors (Lipinski definition) is 0. The van der Waals surface area contributed by atoms with Gasteiger partial charge in [-0.2, -0.15) is 0 Å². The van der Waals surface area contributed by atoms with E-state index in [4.69, 9.17) is 32.7 Å². The van der Waals surface area contributed by atoms with E-state index in [1.807, 2.05) is 22.9 Å². The monoisotopic (exact) mass is 481 g/mol. The van der Waals surface area contributed by atoms with Crippen molar-refractivity contribution >= 4 is 47.3 Å². The molecule has 0 spiro atoms. The summed E-state index contributed by atoms with van der Waals surface area (Å²) in [4.78, 5) is 19.2. The maximum absolute atomic E-state index is 12.9. The predicted molar refractivity (Wildman–Crippen MR) is 124 cm³/mol. The molecule has 1 unspecified atom stereocenters. The molecular weight excluding hydrogens is 461 g/mol. The second kappa shape index (κ2) is 10.9. The van der Waals surface area contributed by atoms with Crippen molar-refractivity contribution in [1.82, 2.24) is 9.55 Å². The third-order valence-electron chi connectivity index (χ3n) is 4.97. The summed E-state index contributed by atoms with van der Waals surface area (Å²) < 4.78 is 13.1. The van der Waals surface area contributed by atoms with Gasteiger partial charge in [-0.15, -0.1) is 12.4 Å². The Morgan fingerprint density at radius 1 is 1.13 bits per heavy atom. The number of carbonyl (C=O) groups is 1. The van der Waals surface area contributed by atoms with Crippen LogP contribution < -0.4 is 4.90 Å². The zero-order chi connectivity index (χ0) is 20.9. The van der Waals surface area contributed by atoms with Gasteiger partial charge in [0.05, 0.1) is 31.6 Å². The number of hydrogen-bond acceptors (Lipinski definition) is 5. The van der Waals surface area contributed by atoms with Crippen LogP contribution in [0.3, 0.4) is 0 Å². The fourth-order valence-corrected chi connectivity index (χ4v) is 3.91. The van der Waals surface area contributed by atoms with Crippen LogP contribution in [0.5, 0.6) is 0 Å². The van der Waals surface area contributed by atoms with E-state index < -0.39 is 12.1 Å². The second-order valence-corrected chi connectivity index (χ2v) is 7.81. The first-order valence-electron chi connectivity index (χ1n) is 9.64. The molecule has 4 rings (SSSR count). The number of ether oxygens (including phenoxy) is 2. The molecule has 0 radical (unpaired) electrons. The van der Waals surface area contributed by atoms with Gasteiger partial charge in [0.1, 0.15) is 6.10 Å². The second-order valence-electron chi connectivity index (χ2n) is 6.97. The van der Waals surface area contributed by atoms with Crippen LogP contribution >= 0.6 is 35.6 Å². The summed E-state index contributed by atoms with van der Waals surface area (Å²) in [5, 5.41) is 0.971. The van der Waals surface area contributed by atoms with Crippen LogP contribution in [0.4, 0.5) is 5.69 Å². The van der Waals surface area contributed by atoms with Crippen LogP contribution in [0, 0.1) is 0 Å². The van der Waals surface area contributed by atoms with E-state index in [-0.39, 0.29) is 12.4 Å². The number of morpholine rings is 1. The first-order valence-corrected chi connectivity index (χ1v) is 10.4. The molecule has 1 aromatic heterocycles. The molecule has 2 heterocycles. The summed E-state index contributed by atoms with van der Waals surface area (Å²) in [6.07, 6.45) is 4.56. The van der Waals surface area contributed by atoms with Gasteiger partial charge in [0, 0.05) is 46.8 Å². The van der Waals surface area contributed by atoms with Crippen LogP contribution in [-0.4, -0.2) is 41.8 Å². The Morgan fingerprint density at radius 2 is 1.87 bits per heavy atom. The quantitative estimate of drug-likeness (QED) is 0.460. The first-order chi connectivity index (χ1) is 14.6. The molecule has 164 valence electrons. The van der Waals surface area contributed by atoms with Crippen LogP contribution in [0.2, 0.25) is 10.0 Å². The van der Waals surface area contributed by atoms with Gasteiger partial charge < -0.3 is 18.9 Å². The average molecular weight is 483 g/mol. The average Bonchev–Trinajstić information content (AvgIpc) is 3.27. The van der Waals surface area contributed by atoms with Gasteiger partial charge in [-0.25, -0.2) is 9.78 Å². The van der Waals surface area contributed by atoms with E-state index in [0.717, 1.165) is 18.8 Å². The zero-order valence-corrected chi connectivity index (χ0v) is 18.9. The number of halogens is 3. The van der Waals surface area contributed by atoms with Crippen molar-refractivity contribution in [3.63, 3.8) is 0 Å². The van der Waals surface area contributed by atoms with Crippen LogP contribution in [0.15, 0.2) is 61.2 Å². The highest BCUT2D eigenvalue weighted by Crippen LogP contribution is 2.30. The van der Waals surface area contributed by atoms with Crippen molar-refractivity contribution in [3.8, 4) is 0 Å². The number of nitrogens with zero attached hydrogens (tertiary/aromatic N) is 3. The summed E-state index contributed by atoms with van der Waals surface area (Å²) in [7, 11) is 0. The lowest BCUT2D eigenvalue weighted by Gasteiger charge is -2.28. The van der Waals surface area contributed by atoms with Gasteiger partial charge in [0.15, 0.2) is 0 Å². The fraction of sp³-hybridized carbons (Fsp3) is 0.273. The number of aromatic nitrogens is 2. The Kier molecular flexibility index (Phi) is 8.21. The number of imidazole rings is 1. The summed E-state index contributed by atoms with van der Waals surface area (Å²) in [5.41, 5.74) is 2.23. The van der Waals surface area contributed by atoms with Crippen molar-refractivity contribution in [1.29, 1.82) is 0 Å². The normalized spacial score (nSPS) is 14.6. The van der Waals surface area contributed by atoms with Gasteiger partial charge >= 0.3 is 5.97 Å². The first kappa shape index (κ1) is 23.4. The molecule has 0 amide bonds. The summed E-state index contributed by atoms with van der Waals surface area (Å²) in [6, 6.07) is 12.6. The van der Waals surface area contributed by atoms with Gasteiger partial charge in [-0.05, 0) is 36.4 Å². The number of rotatable bonds is 6. The Hall–Kier alpha value is -2.25.